The van der Waals surface area contributed by atoms with Crippen LogP contribution in [0, 0.1) is 0 Å². The summed E-state index contributed by atoms with van der Waals surface area (Å²) in [5, 5.41) is 43.8. The van der Waals surface area contributed by atoms with Gasteiger partial charge in [0, 0.05) is 27.6 Å². The normalized spacial score (nSPS) is 12.1. The monoisotopic (exact) mass is 716 g/mol. The molecule has 2 N–H and O–H groups in total. The molecule has 0 amide bonds. The van der Waals surface area contributed by atoms with Gasteiger partial charge in [0.25, 0.3) is 20.2 Å². The second-order valence-corrected chi connectivity index (χ2v) is 12.9. The summed E-state index contributed by atoms with van der Waals surface area (Å²) in [6.07, 6.45) is 0. The van der Waals surface area contributed by atoms with Crippen molar-refractivity contribution in [2.24, 2.45) is 20.5 Å². The van der Waals surface area contributed by atoms with E-state index >= 15 is 0 Å². The topological polar surface area (TPSA) is 214 Å². The Morgan fingerprint density at radius 2 is 1.31 bits per heavy atom. The molecule has 0 fully saturated rings. The Morgan fingerprint density at radius 3 is 2.00 bits per heavy atom. The van der Waals surface area contributed by atoms with Crippen molar-refractivity contribution in [3.05, 3.63) is 91.0 Å². The minimum absolute atomic E-state index is 0. The van der Waals surface area contributed by atoms with E-state index in [0.717, 1.165) is 12.1 Å². The van der Waals surface area contributed by atoms with Crippen molar-refractivity contribution in [2.45, 2.75) is 16.7 Å². The van der Waals surface area contributed by atoms with Gasteiger partial charge in [-0.1, -0.05) is 66.4 Å². The van der Waals surface area contributed by atoms with Crippen molar-refractivity contribution >= 4 is 75.3 Å². The van der Waals surface area contributed by atoms with Crippen molar-refractivity contribution in [3.8, 4) is 17.2 Å². The second-order valence-electron chi connectivity index (χ2n) is 10.1. The summed E-state index contributed by atoms with van der Waals surface area (Å²) in [5.74, 6) is -1.43. The Hall–Kier alpha value is -3.48. The average Bonchev–Trinajstić information content (AvgIpc) is 3.02. The Labute approximate surface area is 324 Å². The molecular formula is C32H22N4Na2O9S2. The van der Waals surface area contributed by atoms with E-state index in [1.165, 1.54) is 36.4 Å². The molecule has 6 aromatic rings. The number of hydrogen-bond donors (Lipinski definition) is 2. The first-order valence-corrected chi connectivity index (χ1v) is 16.7. The molecule has 0 aliphatic rings. The molecule has 0 spiro atoms. The summed E-state index contributed by atoms with van der Waals surface area (Å²) >= 11 is 0. The van der Waals surface area contributed by atoms with Crippen LogP contribution in [0.5, 0.6) is 17.2 Å². The van der Waals surface area contributed by atoms with Crippen LogP contribution >= 0.6 is 0 Å². The predicted molar refractivity (Wildman–Crippen MR) is 170 cm³/mol. The van der Waals surface area contributed by atoms with Crippen LogP contribution in [-0.4, -0.2) is 32.5 Å². The zero-order valence-corrected chi connectivity index (χ0v) is 31.9. The third kappa shape index (κ3) is 7.81. The molecule has 0 radical (unpaired) electrons. The van der Waals surface area contributed by atoms with Gasteiger partial charge in [-0.15, -0.1) is 16.0 Å². The smallest absolute Gasteiger partial charge is 0.872 e. The Balaban J connectivity index is 0.00000270. The van der Waals surface area contributed by atoms with E-state index < -0.39 is 47.7 Å². The standard InChI is InChI=1S/C32H24N4O9S2.2Na/c1-2-45-27-16-24(34-33-19-14-13-18-7-5-12-28(23(18)15-19)46(39,40)41)20-8-3-4-9-21(20)31(27)36-35-25-17-29(47(42,43)44)22-10-6-11-26(37)30(22)32(25)38;;/h3-17,37-38H,2H2,1H3,(H,39,40,41)(H,42,43,44);;/q;2*+1/p-2. The van der Waals surface area contributed by atoms with Crippen molar-refractivity contribution in [1.82, 2.24) is 0 Å². The van der Waals surface area contributed by atoms with E-state index in [1.54, 1.807) is 49.4 Å². The Kier molecular flexibility index (Phi) is 11.9. The summed E-state index contributed by atoms with van der Waals surface area (Å²) in [7, 11) is -9.34. The number of azo groups is 2. The molecule has 0 heterocycles. The molecule has 238 valence electrons. The van der Waals surface area contributed by atoms with E-state index in [2.05, 4.69) is 20.5 Å². The summed E-state index contributed by atoms with van der Waals surface area (Å²) in [6.45, 7) is 1.92. The number of rotatable bonds is 8. The average molecular weight is 717 g/mol. The number of ether oxygens (including phenoxy) is 1. The van der Waals surface area contributed by atoms with Crippen molar-refractivity contribution in [2.75, 3.05) is 6.61 Å². The van der Waals surface area contributed by atoms with Gasteiger partial charge < -0.3 is 14.9 Å². The van der Waals surface area contributed by atoms with Crippen LogP contribution < -0.4 is 74.1 Å². The molecule has 17 heteroatoms. The number of fused-ring (bicyclic) bond motifs is 3. The van der Waals surface area contributed by atoms with Crippen molar-refractivity contribution in [1.29, 1.82) is 0 Å². The van der Waals surface area contributed by atoms with Gasteiger partial charge in [-0.25, -0.2) is 0 Å². The van der Waals surface area contributed by atoms with Gasteiger partial charge in [0.15, 0.2) is 0 Å². The fourth-order valence-electron chi connectivity index (χ4n) is 5.16. The van der Waals surface area contributed by atoms with Crippen LogP contribution in [0.25, 0.3) is 32.3 Å². The maximum absolute atomic E-state index is 13.2. The molecule has 0 aliphatic heterocycles. The fraction of sp³-hybridized carbons (Fsp3) is 0.0625. The van der Waals surface area contributed by atoms with Crippen LogP contribution in [0.15, 0.2) is 121 Å². The van der Waals surface area contributed by atoms with Gasteiger partial charge in [-0.3, -0.25) is 9.11 Å². The number of benzene rings is 6. The van der Waals surface area contributed by atoms with Gasteiger partial charge >= 0.3 is 59.1 Å². The molecule has 0 aliphatic carbocycles. The Bertz CT molecular complexity index is 2530. The maximum Gasteiger partial charge on any atom is 1.00 e. The van der Waals surface area contributed by atoms with Crippen molar-refractivity contribution in [3.63, 3.8) is 0 Å². The van der Waals surface area contributed by atoms with E-state index in [1.807, 2.05) is 0 Å². The third-order valence-corrected chi connectivity index (χ3v) is 9.00. The Morgan fingerprint density at radius 1 is 0.653 bits per heavy atom. The third-order valence-electron chi connectivity index (χ3n) is 7.19. The molecule has 0 bridgehead atoms. The van der Waals surface area contributed by atoms with Gasteiger partial charge in [0.1, 0.15) is 21.2 Å². The summed E-state index contributed by atoms with van der Waals surface area (Å²) in [6, 6.07) is 22.1. The summed E-state index contributed by atoms with van der Waals surface area (Å²) in [5.41, 5.74) is 0.301. The first-order chi connectivity index (χ1) is 22.4. The number of nitrogens with zero attached hydrogens (tertiary/aromatic N) is 4. The number of hydrogen-bond acceptors (Lipinski definition) is 11. The molecule has 6 rings (SSSR count). The minimum atomic E-state index is -4.85. The van der Waals surface area contributed by atoms with Crippen LogP contribution in [0.2, 0.25) is 0 Å². The van der Waals surface area contributed by atoms with Crippen molar-refractivity contribution < 1.29 is 100 Å². The van der Waals surface area contributed by atoms with Gasteiger partial charge in [0.2, 0.25) is 0 Å². The SMILES string of the molecule is CCOc1cc(N=Nc2ccc3cccc(S(=O)(=O)O)c3c2)c2ccccc2c1N=Nc1cc(S(=O)(=O)O)c2cccc([O-])c2c1[O-].[Na+].[Na+]. The zero-order valence-electron chi connectivity index (χ0n) is 26.2. The molecule has 6 aromatic carbocycles. The molecule has 49 heavy (non-hydrogen) atoms. The van der Waals surface area contributed by atoms with E-state index in [0.29, 0.717) is 27.5 Å². The van der Waals surface area contributed by atoms with Crippen LogP contribution in [0.1, 0.15) is 6.92 Å². The molecule has 13 nitrogen and oxygen atoms in total. The molecule has 0 unspecified atom stereocenters. The molecule has 0 saturated heterocycles. The molecular weight excluding hydrogens is 694 g/mol. The quantitative estimate of drug-likeness (QED) is 0.131. The van der Waals surface area contributed by atoms with Crippen LogP contribution in [-0.2, 0) is 20.2 Å². The largest absolute Gasteiger partial charge is 1.00 e. The van der Waals surface area contributed by atoms with Gasteiger partial charge in [-0.05, 0) is 42.0 Å². The van der Waals surface area contributed by atoms with E-state index in [-0.39, 0.29) is 92.8 Å². The molecule has 0 saturated carbocycles. The maximum atomic E-state index is 13.2. The minimum Gasteiger partial charge on any atom is -0.872 e. The fourth-order valence-corrected chi connectivity index (χ4v) is 6.57. The first kappa shape index (κ1) is 38.3. The van der Waals surface area contributed by atoms with E-state index in [4.69, 9.17) is 4.74 Å². The van der Waals surface area contributed by atoms with E-state index in [9.17, 15) is 36.2 Å². The van der Waals surface area contributed by atoms with Gasteiger partial charge in [-0.2, -0.15) is 27.1 Å². The zero-order chi connectivity index (χ0) is 33.5. The molecule has 0 atom stereocenters. The summed E-state index contributed by atoms with van der Waals surface area (Å²) < 4.78 is 73.4. The van der Waals surface area contributed by atoms with Crippen LogP contribution in [0.4, 0.5) is 22.7 Å². The summed E-state index contributed by atoms with van der Waals surface area (Å²) in [4.78, 5) is -0.935. The predicted octanol–water partition coefficient (Wildman–Crippen LogP) is 1.02. The second kappa shape index (κ2) is 15.2. The van der Waals surface area contributed by atoms with Crippen LogP contribution in [0.3, 0.4) is 0 Å². The first-order valence-electron chi connectivity index (χ1n) is 13.8. The molecule has 0 aromatic heterocycles. The van der Waals surface area contributed by atoms with Gasteiger partial charge in [0.05, 0.1) is 23.7 Å².